The second kappa shape index (κ2) is 6.27. The number of hydrogen-bond donors (Lipinski definition) is 0. The molecule has 7 heteroatoms. The van der Waals surface area contributed by atoms with Crippen molar-refractivity contribution in [2.75, 3.05) is 0 Å². The lowest BCUT2D eigenvalue weighted by atomic mass is 10.2. The first-order chi connectivity index (χ1) is 11.1. The molecule has 3 rings (SSSR count). The summed E-state index contributed by atoms with van der Waals surface area (Å²) in [6.45, 7) is 1.79. The molecule has 1 heterocycles. The summed E-state index contributed by atoms with van der Waals surface area (Å²) >= 11 is 0. The van der Waals surface area contributed by atoms with E-state index in [0.717, 1.165) is 11.1 Å². The van der Waals surface area contributed by atoms with Gasteiger partial charge < -0.3 is 9.15 Å². The molecular weight excluding hydrogens is 298 g/mol. The predicted octanol–water partition coefficient (Wildman–Crippen LogP) is 3.53. The van der Waals surface area contributed by atoms with Gasteiger partial charge in [0.2, 0.25) is 5.89 Å². The first-order valence-corrected chi connectivity index (χ1v) is 6.89. The topological polar surface area (TPSA) is 91.3 Å². The fourth-order valence-electron chi connectivity index (χ4n) is 2.04. The fourth-order valence-corrected chi connectivity index (χ4v) is 2.04. The molecule has 0 bridgehead atoms. The molecule has 0 unspecified atom stereocenters. The minimum absolute atomic E-state index is 0.0376. The number of ether oxygens (including phenoxy) is 1. The van der Waals surface area contributed by atoms with Crippen LogP contribution in [0.1, 0.15) is 11.5 Å². The molecule has 23 heavy (non-hydrogen) atoms. The first kappa shape index (κ1) is 14.7. The van der Waals surface area contributed by atoms with Crippen molar-refractivity contribution in [3.63, 3.8) is 0 Å². The van der Waals surface area contributed by atoms with Crippen LogP contribution in [0.5, 0.6) is 5.75 Å². The van der Waals surface area contributed by atoms with Gasteiger partial charge in [-0.15, -0.1) is 10.2 Å². The molecule has 0 saturated carbocycles. The highest BCUT2D eigenvalue weighted by Gasteiger charge is 2.16. The number of nitro groups is 1. The van der Waals surface area contributed by atoms with Gasteiger partial charge in [-0.3, -0.25) is 10.1 Å². The third kappa shape index (κ3) is 3.34. The Hall–Kier alpha value is -3.22. The third-order valence-electron chi connectivity index (χ3n) is 3.15. The number of rotatable bonds is 5. The summed E-state index contributed by atoms with van der Waals surface area (Å²) in [5, 5.41) is 18.8. The van der Waals surface area contributed by atoms with Crippen LogP contribution in [0.15, 0.2) is 52.9 Å². The van der Waals surface area contributed by atoms with Crippen molar-refractivity contribution in [3.8, 4) is 17.2 Å². The van der Waals surface area contributed by atoms with Gasteiger partial charge in [0.15, 0.2) is 12.4 Å². The highest BCUT2D eigenvalue weighted by molar-refractivity contribution is 5.51. The van der Waals surface area contributed by atoms with Crippen molar-refractivity contribution in [3.05, 3.63) is 70.1 Å². The van der Waals surface area contributed by atoms with Crippen LogP contribution in [0.25, 0.3) is 11.5 Å². The van der Waals surface area contributed by atoms with Crippen LogP contribution in [-0.2, 0) is 6.61 Å². The normalized spacial score (nSPS) is 10.5. The van der Waals surface area contributed by atoms with Crippen LogP contribution < -0.4 is 4.74 Å². The minimum Gasteiger partial charge on any atom is -0.477 e. The molecule has 0 saturated heterocycles. The maximum absolute atomic E-state index is 11.0. The molecule has 0 N–H and O–H groups in total. The van der Waals surface area contributed by atoms with E-state index in [9.17, 15) is 10.1 Å². The molecule has 116 valence electrons. The zero-order valence-electron chi connectivity index (χ0n) is 12.3. The van der Waals surface area contributed by atoms with E-state index in [2.05, 4.69) is 10.2 Å². The zero-order valence-corrected chi connectivity index (χ0v) is 12.3. The number of aromatic nitrogens is 2. The molecule has 1 aromatic heterocycles. The van der Waals surface area contributed by atoms with Crippen molar-refractivity contribution < 1.29 is 14.1 Å². The van der Waals surface area contributed by atoms with Gasteiger partial charge in [0.05, 0.1) is 4.92 Å². The molecule has 0 radical (unpaired) electrons. The van der Waals surface area contributed by atoms with E-state index in [4.69, 9.17) is 9.15 Å². The van der Waals surface area contributed by atoms with Crippen molar-refractivity contribution in [2.45, 2.75) is 13.5 Å². The molecule has 0 fully saturated rings. The number of hydrogen-bond acceptors (Lipinski definition) is 6. The van der Waals surface area contributed by atoms with Crippen molar-refractivity contribution >= 4 is 5.69 Å². The van der Waals surface area contributed by atoms with Crippen molar-refractivity contribution in [1.29, 1.82) is 0 Å². The molecule has 0 spiro atoms. The van der Waals surface area contributed by atoms with Crippen LogP contribution in [-0.4, -0.2) is 15.1 Å². The van der Waals surface area contributed by atoms with Gasteiger partial charge >= 0.3 is 5.69 Å². The quantitative estimate of drug-likeness (QED) is 0.528. The van der Waals surface area contributed by atoms with Crippen LogP contribution in [0.2, 0.25) is 0 Å². The molecular formula is C16H13N3O4. The summed E-state index contributed by atoms with van der Waals surface area (Å²) in [6.07, 6.45) is 0. The largest absolute Gasteiger partial charge is 0.477 e. The van der Waals surface area contributed by atoms with E-state index < -0.39 is 4.92 Å². The van der Waals surface area contributed by atoms with E-state index in [0.29, 0.717) is 5.89 Å². The Morgan fingerprint density at radius 1 is 1.17 bits per heavy atom. The Labute approximate surface area is 131 Å². The molecule has 0 aliphatic heterocycles. The average molecular weight is 311 g/mol. The number of nitrogens with zero attached hydrogens (tertiary/aromatic N) is 3. The van der Waals surface area contributed by atoms with Crippen LogP contribution in [0.3, 0.4) is 0 Å². The summed E-state index contributed by atoms with van der Waals surface area (Å²) in [5.74, 6) is 0.803. The molecule has 2 aromatic carbocycles. The molecule has 7 nitrogen and oxygen atoms in total. The Kier molecular flexibility index (Phi) is 4.01. The van der Waals surface area contributed by atoms with Crippen LogP contribution in [0, 0.1) is 17.0 Å². The fraction of sp³-hybridized carbons (Fsp3) is 0.125. The third-order valence-corrected chi connectivity index (χ3v) is 3.15. The van der Waals surface area contributed by atoms with E-state index in [1.54, 1.807) is 12.1 Å². The van der Waals surface area contributed by atoms with Crippen LogP contribution >= 0.6 is 0 Å². The second-order valence-corrected chi connectivity index (χ2v) is 4.88. The SMILES string of the molecule is Cc1ccc([N+](=O)[O-])c(OCc2nnc(-c3ccccc3)o2)c1. The molecule has 0 atom stereocenters. The minimum atomic E-state index is -0.488. The van der Waals surface area contributed by atoms with E-state index in [1.165, 1.54) is 6.07 Å². The standard InChI is InChI=1S/C16H13N3O4/c1-11-7-8-13(19(20)21)14(9-11)22-10-15-17-18-16(23-15)12-5-3-2-4-6-12/h2-9H,10H2,1H3. The first-order valence-electron chi connectivity index (χ1n) is 6.89. The van der Waals surface area contributed by atoms with Crippen molar-refractivity contribution in [2.24, 2.45) is 0 Å². The lowest BCUT2D eigenvalue weighted by molar-refractivity contribution is -0.386. The van der Waals surface area contributed by atoms with Gasteiger partial charge in [-0.25, -0.2) is 0 Å². The van der Waals surface area contributed by atoms with Gasteiger partial charge in [0, 0.05) is 11.6 Å². The maximum atomic E-state index is 11.0. The Morgan fingerprint density at radius 3 is 2.70 bits per heavy atom. The predicted molar refractivity (Wildman–Crippen MR) is 81.9 cm³/mol. The average Bonchev–Trinajstić information content (AvgIpc) is 3.02. The highest BCUT2D eigenvalue weighted by atomic mass is 16.6. The van der Waals surface area contributed by atoms with E-state index in [-0.39, 0.29) is 23.9 Å². The van der Waals surface area contributed by atoms with Crippen LogP contribution in [0.4, 0.5) is 5.69 Å². The summed E-state index contributed by atoms with van der Waals surface area (Å²) in [5.41, 5.74) is 1.56. The second-order valence-electron chi connectivity index (χ2n) is 4.88. The van der Waals surface area contributed by atoms with E-state index in [1.807, 2.05) is 37.3 Å². The van der Waals surface area contributed by atoms with Gasteiger partial charge in [-0.1, -0.05) is 24.3 Å². The maximum Gasteiger partial charge on any atom is 0.310 e. The number of benzene rings is 2. The highest BCUT2D eigenvalue weighted by Crippen LogP contribution is 2.28. The van der Waals surface area contributed by atoms with Gasteiger partial charge in [0.1, 0.15) is 0 Å². The van der Waals surface area contributed by atoms with Crippen molar-refractivity contribution in [1.82, 2.24) is 10.2 Å². The lowest BCUT2D eigenvalue weighted by Crippen LogP contribution is -1.99. The number of aryl methyl sites for hydroxylation is 1. The summed E-state index contributed by atoms with van der Waals surface area (Å²) in [4.78, 5) is 10.5. The Balaban J connectivity index is 1.76. The zero-order chi connectivity index (χ0) is 16.2. The number of nitro benzene ring substituents is 1. The molecule has 3 aromatic rings. The lowest BCUT2D eigenvalue weighted by Gasteiger charge is -2.05. The van der Waals surface area contributed by atoms with Gasteiger partial charge in [0.25, 0.3) is 5.89 Å². The smallest absolute Gasteiger partial charge is 0.310 e. The molecule has 0 aliphatic rings. The Morgan fingerprint density at radius 2 is 1.96 bits per heavy atom. The monoisotopic (exact) mass is 311 g/mol. The summed E-state index contributed by atoms with van der Waals surface area (Å²) in [7, 11) is 0. The summed E-state index contributed by atoms with van der Waals surface area (Å²) < 4.78 is 11.0. The summed E-state index contributed by atoms with van der Waals surface area (Å²) in [6, 6.07) is 14.0. The Bertz CT molecular complexity index is 830. The molecule has 0 aliphatic carbocycles. The molecule has 0 amide bonds. The van der Waals surface area contributed by atoms with Gasteiger partial charge in [-0.2, -0.15) is 0 Å². The van der Waals surface area contributed by atoms with Gasteiger partial charge in [-0.05, 0) is 30.7 Å². The van der Waals surface area contributed by atoms with E-state index >= 15 is 0 Å².